The van der Waals surface area contributed by atoms with E-state index in [0.29, 0.717) is 25.4 Å². The van der Waals surface area contributed by atoms with Crippen LogP contribution in [0.4, 0.5) is 5.82 Å². The average Bonchev–Trinajstić information content (AvgIpc) is 3.09. The van der Waals surface area contributed by atoms with E-state index in [0.717, 1.165) is 47.3 Å². The fraction of sp³-hybridized carbons (Fsp3) is 0.700. The summed E-state index contributed by atoms with van der Waals surface area (Å²) in [4.78, 5) is 23.9. The number of carbonyl (C=O) groups excluding carboxylic acids is 1. The maximum absolute atomic E-state index is 11.9. The van der Waals surface area contributed by atoms with Crippen LogP contribution in [0.25, 0.3) is 11.0 Å². The molecule has 1 saturated heterocycles. The van der Waals surface area contributed by atoms with Gasteiger partial charge in [-0.25, -0.2) is 14.6 Å². The number of piperidine rings is 1. The molecular weight excluding hydrogens is 372 g/mol. The zero-order valence-corrected chi connectivity index (χ0v) is 18.1. The Morgan fingerprint density at radius 2 is 2.04 bits per heavy atom. The summed E-state index contributed by atoms with van der Waals surface area (Å²) >= 11 is 1.70. The van der Waals surface area contributed by atoms with Crippen LogP contribution in [0, 0.1) is 5.92 Å². The first-order valence-electron chi connectivity index (χ1n) is 10.5. The highest BCUT2D eigenvalue weighted by Crippen LogP contribution is 2.29. The van der Waals surface area contributed by atoms with Crippen LogP contribution in [0.1, 0.15) is 52.9 Å². The van der Waals surface area contributed by atoms with E-state index in [-0.39, 0.29) is 5.91 Å². The van der Waals surface area contributed by atoms with E-state index in [1.165, 1.54) is 19.3 Å². The lowest BCUT2D eigenvalue weighted by Gasteiger charge is -2.28. The molecule has 0 aromatic carbocycles. The standard InChI is InChI=1S/C20H32N6OS/c1-4-12-28-20-23-18(25-9-6-5-7-10-25)16-14-22-26(19(16)24-20)11-8-21-17(27)13-15(2)3/h14-15H,4-13H2,1-3H3,(H,21,27). The molecule has 1 amide bonds. The smallest absolute Gasteiger partial charge is 0.220 e. The molecule has 0 radical (unpaired) electrons. The van der Waals surface area contributed by atoms with Crippen molar-refractivity contribution in [3.8, 4) is 0 Å². The summed E-state index contributed by atoms with van der Waals surface area (Å²) < 4.78 is 1.90. The minimum absolute atomic E-state index is 0.0919. The normalized spacial score (nSPS) is 14.8. The Kier molecular flexibility index (Phi) is 7.53. The number of nitrogens with one attached hydrogen (secondary N) is 1. The molecule has 3 rings (SSSR count). The number of hydrogen-bond donors (Lipinski definition) is 1. The van der Waals surface area contributed by atoms with Gasteiger partial charge in [-0.15, -0.1) is 0 Å². The van der Waals surface area contributed by atoms with Crippen molar-refractivity contribution >= 4 is 34.5 Å². The van der Waals surface area contributed by atoms with Gasteiger partial charge in [0.2, 0.25) is 5.91 Å². The van der Waals surface area contributed by atoms with Gasteiger partial charge in [0.1, 0.15) is 5.82 Å². The molecule has 0 bridgehead atoms. The number of carbonyl (C=O) groups is 1. The molecule has 0 unspecified atom stereocenters. The topological polar surface area (TPSA) is 75.9 Å². The molecule has 1 aliphatic heterocycles. The molecular formula is C20H32N6OS. The second-order valence-electron chi connectivity index (χ2n) is 7.78. The number of anilines is 1. The van der Waals surface area contributed by atoms with Crippen molar-refractivity contribution in [2.45, 2.75) is 64.6 Å². The minimum Gasteiger partial charge on any atom is -0.356 e. The molecule has 0 atom stereocenters. The third kappa shape index (κ3) is 5.37. The van der Waals surface area contributed by atoms with Crippen LogP contribution in [0.5, 0.6) is 0 Å². The van der Waals surface area contributed by atoms with Gasteiger partial charge in [0, 0.05) is 31.8 Å². The van der Waals surface area contributed by atoms with E-state index >= 15 is 0 Å². The van der Waals surface area contributed by atoms with Crippen molar-refractivity contribution in [2.75, 3.05) is 30.3 Å². The lowest BCUT2D eigenvalue weighted by Crippen LogP contribution is -2.30. The number of fused-ring (bicyclic) bond motifs is 1. The Balaban J connectivity index is 1.80. The Morgan fingerprint density at radius 1 is 1.25 bits per heavy atom. The summed E-state index contributed by atoms with van der Waals surface area (Å²) in [7, 11) is 0. The average molecular weight is 405 g/mol. The lowest BCUT2D eigenvalue weighted by molar-refractivity contribution is -0.121. The second kappa shape index (κ2) is 10.1. The van der Waals surface area contributed by atoms with Gasteiger partial charge < -0.3 is 10.2 Å². The summed E-state index contributed by atoms with van der Waals surface area (Å²) in [5.74, 6) is 2.47. The summed E-state index contributed by atoms with van der Waals surface area (Å²) in [6.45, 7) is 9.52. The highest BCUT2D eigenvalue weighted by Gasteiger charge is 2.20. The van der Waals surface area contributed by atoms with Crippen molar-refractivity contribution in [2.24, 2.45) is 5.92 Å². The van der Waals surface area contributed by atoms with Gasteiger partial charge in [-0.3, -0.25) is 4.79 Å². The van der Waals surface area contributed by atoms with Crippen LogP contribution in [0.3, 0.4) is 0 Å². The first-order chi connectivity index (χ1) is 13.6. The van der Waals surface area contributed by atoms with Crippen molar-refractivity contribution < 1.29 is 4.79 Å². The van der Waals surface area contributed by atoms with Crippen LogP contribution in [-0.2, 0) is 11.3 Å². The maximum Gasteiger partial charge on any atom is 0.220 e. The highest BCUT2D eigenvalue weighted by molar-refractivity contribution is 7.99. The van der Waals surface area contributed by atoms with Gasteiger partial charge in [-0.05, 0) is 31.6 Å². The third-order valence-corrected chi connectivity index (χ3v) is 5.84. The van der Waals surface area contributed by atoms with Crippen molar-refractivity contribution in [3.63, 3.8) is 0 Å². The number of thioether (sulfide) groups is 1. The van der Waals surface area contributed by atoms with E-state index in [1.807, 2.05) is 10.9 Å². The lowest BCUT2D eigenvalue weighted by atomic mass is 10.1. The second-order valence-corrected chi connectivity index (χ2v) is 8.84. The zero-order valence-electron chi connectivity index (χ0n) is 17.3. The third-order valence-electron chi connectivity index (χ3n) is 4.79. The molecule has 28 heavy (non-hydrogen) atoms. The molecule has 2 aromatic heterocycles. The predicted octanol–water partition coefficient (Wildman–Crippen LogP) is 3.48. The number of aromatic nitrogens is 4. The monoisotopic (exact) mass is 404 g/mol. The van der Waals surface area contributed by atoms with Crippen molar-refractivity contribution in [1.82, 2.24) is 25.1 Å². The highest BCUT2D eigenvalue weighted by atomic mass is 32.2. The molecule has 2 aromatic rings. The van der Waals surface area contributed by atoms with E-state index in [2.05, 4.69) is 36.1 Å². The molecule has 1 fully saturated rings. The minimum atomic E-state index is 0.0919. The molecule has 154 valence electrons. The van der Waals surface area contributed by atoms with Crippen LogP contribution in [0.15, 0.2) is 11.4 Å². The number of hydrogen-bond acceptors (Lipinski definition) is 6. The molecule has 0 aliphatic carbocycles. The van der Waals surface area contributed by atoms with Gasteiger partial charge >= 0.3 is 0 Å². The molecule has 3 heterocycles. The van der Waals surface area contributed by atoms with Gasteiger partial charge in [-0.2, -0.15) is 5.10 Å². The largest absolute Gasteiger partial charge is 0.356 e. The predicted molar refractivity (Wildman–Crippen MR) is 115 cm³/mol. The first kappa shape index (κ1) is 20.9. The van der Waals surface area contributed by atoms with Crippen LogP contribution in [0.2, 0.25) is 0 Å². The van der Waals surface area contributed by atoms with Crippen molar-refractivity contribution in [1.29, 1.82) is 0 Å². The van der Waals surface area contributed by atoms with Crippen LogP contribution in [-0.4, -0.2) is 51.0 Å². The van der Waals surface area contributed by atoms with E-state index < -0.39 is 0 Å². The quantitative estimate of drug-likeness (QED) is 0.509. The molecule has 8 heteroatoms. The van der Waals surface area contributed by atoms with E-state index in [1.54, 1.807) is 11.8 Å². The van der Waals surface area contributed by atoms with E-state index in [4.69, 9.17) is 9.97 Å². The summed E-state index contributed by atoms with van der Waals surface area (Å²) in [5, 5.41) is 9.37. The maximum atomic E-state index is 11.9. The van der Waals surface area contributed by atoms with Crippen LogP contribution < -0.4 is 10.2 Å². The van der Waals surface area contributed by atoms with Crippen LogP contribution >= 0.6 is 11.8 Å². The Bertz CT molecular complexity index is 784. The van der Waals surface area contributed by atoms with Gasteiger partial charge in [0.15, 0.2) is 10.8 Å². The first-order valence-corrected chi connectivity index (χ1v) is 11.4. The van der Waals surface area contributed by atoms with Gasteiger partial charge in [-0.1, -0.05) is 32.5 Å². The van der Waals surface area contributed by atoms with E-state index in [9.17, 15) is 4.79 Å². The zero-order chi connectivity index (χ0) is 19.9. The summed E-state index contributed by atoms with van der Waals surface area (Å²) in [6.07, 6.45) is 7.23. The van der Waals surface area contributed by atoms with Crippen molar-refractivity contribution in [3.05, 3.63) is 6.20 Å². The molecule has 1 N–H and O–H groups in total. The fourth-order valence-corrected chi connectivity index (χ4v) is 4.12. The molecule has 7 nitrogen and oxygen atoms in total. The number of amides is 1. The van der Waals surface area contributed by atoms with Gasteiger partial charge in [0.25, 0.3) is 0 Å². The molecule has 0 saturated carbocycles. The van der Waals surface area contributed by atoms with Gasteiger partial charge in [0.05, 0.1) is 18.1 Å². The summed E-state index contributed by atoms with van der Waals surface area (Å²) in [6, 6.07) is 0. The number of rotatable bonds is 9. The fourth-order valence-electron chi connectivity index (χ4n) is 3.43. The summed E-state index contributed by atoms with van der Waals surface area (Å²) in [5.41, 5.74) is 0.868. The Labute approximate surface area is 171 Å². The molecule has 0 spiro atoms. The molecule has 1 aliphatic rings. The Hall–Kier alpha value is -1.83. The SMILES string of the molecule is CCCSc1nc(N2CCCCC2)c2cnn(CCNC(=O)CC(C)C)c2n1. The number of nitrogens with zero attached hydrogens (tertiary/aromatic N) is 5. The Morgan fingerprint density at radius 3 is 2.75 bits per heavy atom.